The second kappa shape index (κ2) is 4.96. The molecule has 3 N–H and O–H groups in total. The van der Waals surface area contributed by atoms with Crippen molar-refractivity contribution in [3.05, 3.63) is 11.4 Å². The van der Waals surface area contributed by atoms with Crippen LogP contribution in [-0.4, -0.2) is 14.5 Å². The molecular weight excluding hydrogens is 256 g/mol. The quantitative estimate of drug-likeness (QED) is 0.887. The summed E-state index contributed by atoms with van der Waals surface area (Å²) in [5, 5.41) is 1.65. The van der Waals surface area contributed by atoms with E-state index in [1.165, 1.54) is 23.8 Å². The van der Waals surface area contributed by atoms with Gasteiger partial charge in [-0.05, 0) is 24.8 Å². The zero-order chi connectivity index (χ0) is 12.5. The average molecular weight is 274 g/mol. The van der Waals surface area contributed by atoms with Gasteiger partial charge < -0.3 is 5.73 Å². The summed E-state index contributed by atoms with van der Waals surface area (Å²) >= 11 is 1.17. The topological polar surface area (TPSA) is 72.2 Å². The van der Waals surface area contributed by atoms with Crippen LogP contribution in [0.15, 0.2) is 15.7 Å². The van der Waals surface area contributed by atoms with E-state index in [-0.39, 0.29) is 6.04 Å². The minimum atomic E-state index is -3.38. The Labute approximate surface area is 106 Å². The summed E-state index contributed by atoms with van der Waals surface area (Å²) < 4.78 is 27.3. The van der Waals surface area contributed by atoms with Gasteiger partial charge in [0.05, 0.1) is 0 Å². The van der Waals surface area contributed by atoms with E-state index >= 15 is 0 Å². The molecule has 4 nitrogen and oxygen atoms in total. The molecule has 1 saturated carbocycles. The van der Waals surface area contributed by atoms with Crippen molar-refractivity contribution in [1.82, 2.24) is 4.72 Å². The van der Waals surface area contributed by atoms with Crippen LogP contribution in [0.5, 0.6) is 0 Å². The molecule has 1 fully saturated rings. The minimum Gasteiger partial charge on any atom is -0.398 e. The van der Waals surface area contributed by atoms with Gasteiger partial charge in [-0.1, -0.05) is 19.8 Å². The van der Waals surface area contributed by atoms with Crippen LogP contribution >= 0.6 is 11.3 Å². The number of sulfonamides is 1. The first-order chi connectivity index (χ1) is 7.99. The Kier molecular flexibility index (Phi) is 3.75. The molecule has 96 valence electrons. The molecule has 1 aliphatic carbocycles. The third kappa shape index (κ3) is 3.00. The fourth-order valence-electron chi connectivity index (χ4n) is 2.22. The van der Waals surface area contributed by atoms with Gasteiger partial charge >= 0.3 is 0 Å². The summed E-state index contributed by atoms with van der Waals surface area (Å²) in [6.45, 7) is 2.11. The van der Waals surface area contributed by atoms with Crippen molar-refractivity contribution >= 4 is 27.0 Å². The Morgan fingerprint density at radius 2 is 2.12 bits per heavy atom. The average Bonchev–Trinajstić information content (AvgIpc) is 2.69. The van der Waals surface area contributed by atoms with Crippen molar-refractivity contribution in [2.75, 3.05) is 5.73 Å². The van der Waals surface area contributed by atoms with Gasteiger partial charge in [-0.25, -0.2) is 13.1 Å². The van der Waals surface area contributed by atoms with E-state index in [2.05, 4.69) is 11.6 Å². The first-order valence-electron chi connectivity index (χ1n) is 5.85. The molecule has 6 heteroatoms. The summed E-state index contributed by atoms with van der Waals surface area (Å²) in [6.07, 6.45) is 4.33. The van der Waals surface area contributed by atoms with Crippen molar-refractivity contribution in [2.24, 2.45) is 5.92 Å². The first kappa shape index (κ1) is 12.9. The molecule has 0 amide bonds. The molecule has 0 radical (unpaired) electrons. The fourth-order valence-corrected chi connectivity index (χ4v) is 4.70. The van der Waals surface area contributed by atoms with Gasteiger partial charge in [0.25, 0.3) is 0 Å². The van der Waals surface area contributed by atoms with Crippen LogP contribution in [-0.2, 0) is 10.0 Å². The molecule has 0 aliphatic heterocycles. The predicted octanol–water partition coefficient (Wildman–Crippen LogP) is 2.19. The van der Waals surface area contributed by atoms with Gasteiger partial charge in [0.1, 0.15) is 4.21 Å². The highest BCUT2D eigenvalue weighted by Crippen LogP contribution is 2.27. The SMILES string of the molecule is CC1CCCCC1NS(=O)(=O)c1cc(N)cs1. The van der Waals surface area contributed by atoms with Crippen LogP contribution in [0, 0.1) is 5.92 Å². The Hall–Kier alpha value is -0.590. The second-order valence-electron chi connectivity index (χ2n) is 4.69. The standard InChI is InChI=1S/C11H18N2O2S2/c1-8-4-2-3-5-10(8)13-17(14,15)11-6-9(12)7-16-11/h6-8,10,13H,2-5,12H2,1H3. The number of nitrogens with two attached hydrogens (primary N) is 1. The zero-order valence-corrected chi connectivity index (χ0v) is 11.5. The van der Waals surface area contributed by atoms with Gasteiger partial charge in [-0.3, -0.25) is 0 Å². The largest absolute Gasteiger partial charge is 0.398 e. The van der Waals surface area contributed by atoms with Gasteiger partial charge in [0.15, 0.2) is 0 Å². The van der Waals surface area contributed by atoms with Crippen molar-refractivity contribution in [1.29, 1.82) is 0 Å². The lowest BCUT2D eigenvalue weighted by Gasteiger charge is -2.28. The highest BCUT2D eigenvalue weighted by molar-refractivity contribution is 7.91. The Bertz CT molecular complexity index is 481. The van der Waals surface area contributed by atoms with Crippen LogP contribution in [0.2, 0.25) is 0 Å². The molecule has 0 saturated heterocycles. The number of anilines is 1. The Morgan fingerprint density at radius 3 is 2.71 bits per heavy atom. The number of hydrogen-bond acceptors (Lipinski definition) is 4. The summed E-state index contributed by atoms with van der Waals surface area (Å²) in [5.41, 5.74) is 6.06. The maximum atomic E-state index is 12.1. The molecular formula is C11H18N2O2S2. The number of hydrogen-bond donors (Lipinski definition) is 2. The Balaban J connectivity index is 2.11. The highest BCUT2D eigenvalue weighted by Gasteiger charge is 2.27. The second-order valence-corrected chi connectivity index (χ2v) is 7.54. The van der Waals surface area contributed by atoms with Crippen molar-refractivity contribution < 1.29 is 8.42 Å². The maximum Gasteiger partial charge on any atom is 0.250 e. The smallest absolute Gasteiger partial charge is 0.250 e. The first-order valence-corrected chi connectivity index (χ1v) is 8.21. The van der Waals surface area contributed by atoms with E-state index in [4.69, 9.17) is 5.73 Å². The van der Waals surface area contributed by atoms with Crippen LogP contribution in [0.25, 0.3) is 0 Å². The molecule has 2 rings (SSSR count). The van der Waals surface area contributed by atoms with Crippen molar-refractivity contribution in [3.8, 4) is 0 Å². The third-order valence-electron chi connectivity index (χ3n) is 3.28. The maximum absolute atomic E-state index is 12.1. The zero-order valence-electron chi connectivity index (χ0n) is 9.85. The van der Waals surface area contributed by atoms with Crippen molar-refractivity contribution in [2.45, 2.75) is 42.9 Å². The van der Waals surface area contributed by atoms with Crippen LogP contribution in [0.3, 0.4) is 0 Å². The lowest BCUT2D eigenvalue weighted by molar-refractivity contribution is 0.310. The predicted molar refractivity (Wildman–Crippen MR) is 70.5 cm³/mol. The van der Waals surface area contributed by atoms with Gasteiger partial charge in [0, 0.05) is 17.1 Å². The summed E-state index contributed by atoms with van der Waals surface area (Å²) in [6, 6.07) is 1.58. The monoisotopic (exact) mass is 274 g/mol. The third-order valence-corrected chi connectivity index (χ3v) is 6.23. The van der Waals surface area contributed by atoms with E-state index < -0.39 is 10.0 Å². The molecule has 2 unspecified atom stereocenters. The van der Waals surface area contributed by atoms with E-state index in [9.17, 15) is 8.42 Å². The van der Waals surface area contributed by atoms with E-state index in [0.29, 0.717) is 15.8 Å². The van der Waals surface area contributed by atoms with E-state index in [1.54, 1.807) is 5.38 Å². The lowest BCUT2D eigenvalue weighted by atomic mass is 9.87. The van der Waals surface area contributed by atoms with Crippen LogP contribution < -0.4 is 10.5 Å². The number of nitrogen functional groups attached to an aromatic ring is 1. The minimum absolute atomic E-state index is 0.0667. The summed E-state index contributed by atoms with van der Waals surface area (Å²) in [7, 11) is -3.38. The number of rotatable bonds is 3. The van der Waals surface area contributed by atoms with Gasteiger partial charge in [-0.15, -0.1) is 11.3 Å². The van der Waals surface area contributed by atoms with Gasteiger partial charge in [-0.2, -0.15) is 0 Å². The summed E-state index contributed by atoms with van der Waals surface area (Å²) in [5.74, 6) is 0.413. The van der Waals surface area contributed by atoms with E-state index in [0.717, 1.165) is 19.3 Å². The van der Waals surface area contributed by atoms with E-state index in [1.807, 2.05) is 0 Å². The molecule has 0 aromatic carbocycles. The van der Waals surface area contributed by atoms with Crippen LogP contribution in [0.1, 0.15) is 32.6 Å². The Morgan fingerprint density at radius 1 is 1.41 bits per heavy atom. The van der Waals surface area contributed by atoms with Gasteiger partial charge in [0.2, 0.25) is 10.0 Å². The summed E-state index contributed by atoms with van der Waals surface area (Å²) in [4.78, 5) is 0. The number of nitrogens with one attached hydrogen (secondary N) is 1. The normalized spacial score (nSPS) is 25.9. The molecule has 0 bridgehead atoms. The highest BCUT2D eigenvalue weighted by atomic mass is 32.2. The molecule has 1 aliphatic rings. The molecule has 1 aromatic rings. The number of thiophene rings is 1. The molecule has 0 spiro atoms. The molecule has 1 heterocycles. The lowest BCUT2D eigenvalue weighted by Crippen LogP contribution is -2.40. The fraction of sp³-hybridized carbons (Fsp3) is 0.636. The molecule has 17 heavy (non-hydrogen) atoms. The molecule has 1 aromatic heterocycles. The molecule has 2 atom stereocenters. The van der Waals surface area contributed by atoms with Crippen LogP contribution in [0.4, 0.5) is 5.69 Å². The van der Waals surface area contributed by atoms with Crippen molar-refractivity contribution in [3.63, 3.8) is 0 Å².